The molecule has 0 fully saturated rings. The molecule has 1 aliphatic rings. The third-order valence-corrected chi connectivity index (χ3v) is 7.09. The number of pyridine rings is 1. The second-order valence-corrected chi connectivity index (χ2v) is 9.63. The highest BCUT2D eigenvalue weighted by Crippen LogP contribution is 2.30. The smallest absolute Gasteiger partial charge is 0.268 e. The van der Waals surface area contributed by atoms with E-state index in [2.05, 4.69) is 10.3 Å². The maximum absolute atomic E-state index is 13.8. The van der Waals surface area contributed by atoms with E-state index in [9.17, 15) is 14.4 Å². The average Bonchev–Trinajstić information content (AvgIpc) is 3.33. The van der Waals surface area contributed by atoms with Gasteiger partial charge in [0.25, 0.3) is 11.8 Å². The number of amides is 2. The van der Waals surface area contributed by atoms with Crippen LogP contribution in [0.3, 0.4) is 0 Å². The van der Waals surface area contributed by atoms with Crippen molar-refractivity contribution >= 4 is 23.3 Å². The predicted octanol–water partition coefficient (Wildman–Crippen LogP) is 5.25. The molecule has 0 spiro atoms. The van der Waals surface area contributed by atoms with Gasteiger partial charge in [-0.3, -0.25) is 19.4 Å². The number of hydrogen-bond acceptors (Lipinski definition) is 4. The van der Waals surface area contributed by atoms with Crippen LogP contribution in [0, 0.1) is 0 Å². The van der Waals surface area contributed by atoms with Crippen LogP contribution in [0.1, 0.15) is 53.6 Å². The molecule has 40 heavy (non-hydrogen) atoms. The van der Waals surface area contributed by atoms with Crippen molar-refractivity contribution in [2.24, 2.45) is 0 Å². The van der Waals surface area contributed by atoms with Gasteiger partial charge in [-0.1, -0.05) is 66.7 Å². The molecule has 196 valence electrons. The van der Waals surface area contributed by atoms with E-state index < -0.39 is 0 Å². The fraction of sp³-hybridized carbons (Fsp3) is 0.0909. The third kappa shape index (κ3) is 4.92. The molecule has 0 bridgehead atoms. The standard InChI is InChI=1S/C33H26N4O3/c38-31(24-8-2-1-3-9-24)25-12-14-26(15-13-25)33(40)37-22-28-16-17-30(32(39)35-20-23-7-6-18-34-19-23)36(28)21-27-10-4-5-11-29(27)37/h1-19H,20-22H2,(H,35,39). The molecule has 5 aromatic rings. The van der Waals surface area contributed by atoms with E-state index in [4.69, 9.17) is 0 Å². The Morgan fingerprint density at radius 1 is 0.725 bits per heavy atom. The van der Waals surface area contributed by atoms with Gasteiger partial charge < -0.3 is 14.8 Å². The molecule has 0 aliphatic carbocycles. The monoisotopic (exact) mass is 526 g/mol. The molecular weight excluding hydrogens is 500 g/mol. The van der Waals surface area contributed by atoms with Crippen LogP contribution in [0.25, 0.3) is 0 Å². The number of para-hydroxylation sites is 1. The zero-order chi connectivity index (χ0) is 27.5. The Kier molecular flexibility index (Phi) is 6.77. The van der Waals surface area contributed by atoms with E-state index in [1.54, 1.807) is 59.8 Å². The molecule has 7 heteroatoms. The summed E-state index contributed by atoms with van der Waals surface area (Å²) in [6.45, 7) is 1.13. The number of aromatic nitrogens is 2. The lowest BCUT2D eigenvalue weighted by atomic mass is 10.0. The van der Waals surface area contributed by atoms with Gasteiger partial charge in [-0.25, -0.2) is 0 Å². The van der Waals surface area contributed by atoms with Crippen LogP contribution >= 0.6 is 0 Å². The Morgan fingerprint density at radius 2 is 1.45 bits per heavy atom. The highest BCUT2D eigenvalue weighted by atomic mass is 16.2. The van der Waals surface area contributed by atoms with Gasteiger partial charge >= 0.3 is 0 Å². The van der Waals surface area contributed by atoms with Crippen LogP contribution in [0.2, 0.25) is 0 Å². The van der Waals surface area contributed by atoms with Crippen LogP contribution in [-0.4, -0.2) is 27.1 Å². The molecular formula is C33H26N4O3. The lowest BCUT2D eigenvalue weighted by molar-refractivity contribution is 0.0940. The van der Waals surface area contributed by atoms with Crippen LogP contribution in [-0.2, 0) is 19.6 Å². The minimum Gasteiger partial charge on any atom is -0.347 e. The second-order valence-electron chi connectivity index (χ2n) is 9.63. The summed E-state index contributed by atoms with van der Waals surface area (Å²) >= 11 is 0. The first kappa shape index (κ1) is 25.0. The Bertz CT molecular complexity index is 1690. The fourth-order valence-corrected chi connectivity index (χ4v) is 4.99. The molecule has 0 saturated heterocycles. The number of nitrogens with one attached hydrogen (secondary N) is 1. The zero-order valence-corrected chi connectivity index (χ0v) is 21.7. The lowest BCUT2D eigenvalue weighted by Gasteiger charge is -2.23. The molecule has 3 heterocycles. The number of nitrogens with zero attached hydrogens (tertiary/aromatic N) is 3. The third-order valence-electron chi connectivity index (χ3n) is 7.09. The summed E-state index contributed by atoms with van der Waals surface area (Å²) in [4.78, 5) is 45.6. The SMILES string of the molecule is O=C(c1ccccc1)c1ccc(C(=O)N2Cc3ccc(C(=O)NCc4cccnc4)n3Cc3ccccc32)cc1. The Labute approximate surface area is 231 Å². The first-order valence-electron chi connectivity index (χ1n) is 13.0. The van der Waals surface area contributed by atoms with Crippen LogP contribution in [0.4, 0.5) is 5.69 Å². The van der Waals surface area contributed by atoms with Crippen molar-refractivity contribution in [3.63, 3.8) is 0 Å². The molecule has 3 aromatic carbocycles. The molecule has 1 aliphatic heterocycles. The minimum absolute atomic E-state index is 0.0909. The van der Waals surface area contributed by atoms with E-state index in [0.717, 1.165) is 22.5 Å². The molecule has 0 atom stereocenters. The summed E-state index contributed by atoms with van der Waals surface area (Å²) in [6.07, 6.45) is 3.42. The summed E-state index contributed by atoms with van der Waals surface area (Å²) in [5.74, 6) is -0.457. The number of hydrogen-bond donors (Lipinski definition) is 1. The van der Waals surface area contributed by atoms with Crippen molar-refractivity contribution in [2.75, 3.05) is 4.90 Å². The van der Waals surface area contributed by atoms with Gasteiger partial charge in [0.1, 0.15) is 5.69 Å². The van der Waals surface area contributed by atoms with Crippen molar-refractivity contribution in [1.29, 1.82) is 0 Å². The maximum atomic E-state index is 13.8. The van der Waals surface area contributed by atoms with Crippen LogP contribution < -0.4 is 10.2 Å². The summed E-state index contributed by atoms with van der Waals surface area (Å²) < 4.78 is 1.96. The van der Waals surface area contributed by atoms with E-state index >= 15 is 0 Å². The average molecular weight is 527 g/mol. The van der Waals surface area contributed by atoms with Gasteiger partial charge in [-0.2, -0.15) is 0 Å². The summed E-state index contributed by atoms with van der Waals surface area (Å²) in [5, 5.41) is 2.97. The number of fused-ring (bicyclic) bond motifs is 2. The number of rotatable bonds is 6. The van der Waals surface area contributed by atoms with Gasteiger partial charge in [0.2, 0.25) is 0 Å². The first-order valence-corrected chi connectivity index (χ1v) is 13.0. The van der Waals surface area contributed by atoms with Crippen molar-refractivity contribution in [3.05, 3.63) is 155 Å². The first-order chi connectivity index (χ1) is 19.6. The normalized spacial score (nSPS) is 12.2. The van der Waals surface area contributed by atoms with Crippen LogP contribution in [0.5, 0.6) is 0 Å². The molecule has 0 saturated carbocycles. The zero-order valence-electron chi connectivity index (χ0n) is 21.7. The number of ketones is 1. The Balaban J connectivity index is 1.26. The summed E-state index contributed by atoms with van der Waals surface area (Å²) in [5.41, 5.74) is 5.63. The largest absolute Gasteiger partial charge is 0.347 e. The molecule has 2 aromatic heterocycles. The highest BCUT2D eigenvalue weighted by Gasteiger charge is 2.27. The van der Waals surface area contributed by atoms with E-state index in [-0.39, 0.29) is 17.6 Å². The molecule has 7 nitrogen and oxygen atoms in total. The van der Waals surface area contributed by atoms with Crippen molar-refractivity contribution in [3.8, 4) is 0 Å². The van der Waals surface area contributed by atoms with Gasteiger partial charge in [-0.05, 0) is 47.5 Å². The molecule has 0 radical (unpaired) electrons. The fourth-order valence-electron chi connectivity index (χ4n) is 4.99. The quantitative estimate of drug-likeness (QED) is 0.306. The second kappa shape index (κ2) is 10.8. The van der Waals surface area contributed by atoms with Gasteiger partial charge in [0.05, 0.1) is 13.1 Å². The van der Waals surface area contributed by atoms with E-state index in [0.29, 0.717) is 42.0 Å². The number of carbonyl (C=O) groups is 3. The van der Waals surface area contributed by atoms with Gasteiger partial charge in [0.15, 0.2) is 5.78 Å². The number of carbonyl (C=O) groups excluding carboxylic acids is 3. The minimum atomic E-state index is -0.189. The number of benzene rings is 3. The van der Waals surface area contributed by atoms with Gasteiger partial charge in [0, 0.05) is 47.0 Å². The maximum Gasteiger partial charge on any atom is 0.268 e. The van der Waals surface area contributed by atoms with Crippen molar-refractivity contribution < 1.29 is 14.4 Å². The Hall–Kier alpha value is -5.30. The number of anilines is 1. The molecule has 1 N–H and O–H groups in total. The molecule has 6 rings (SSSR count). The molecule has 0 unspecified atom stereocenters. The summed E-state index contributed by atoms with van der Waals surface area (Å²) in [7, 11) is 0. The Morgan fingerprint density at radius 3 is 2.23 bits per heavy atom. The predicted molar refractivity (Wildman–Crippen MR) is 152 cm³/mol. The summed E-state index contributed by atoms with van der Waals surface area (Å²) in [6, 6.07) is 31.0. The van der Waals surface area contributed by atoms with Gasteiger partial charge in [-0.15, -0.1) is 0 Å². The van der Waals surface area contributed by atoms with Crippen molar-refractivity contribution in [1.82, 2.24) is 14.9 Å². The van der Waals surface area contributed by atoms with E-state index in [1.807, 2.05) is 65.2 Å². The van der Waals surface area contributed by atoms with Crippen molar-refractivity contribution in [2.45, 2.75) is 19.6 Å². The van der Waals surface area contributed by atoms with E-state index in [1.165, 1.54) is 0 Å². The topological polar surface area (TPSA) is 84.3 Å². The highest BCUT2D eigenvalue weighted by molar-refractivity contribution is 6.10. The lowest BCUT2D eigenvalue weighted by Crippen LogP contribution is -2.30. The molecule has 2 amide bonds. The van der Waals surface area contributed by atoms with Crippen LogP contribution in [0.15, 0.2) is 116 Å².